The van der Waals surface area contributed by atoms with Crippen LogP contribution < -0.4 is 10.1 Å². The molecular formula is C24H24N4O5. The molecule has 0 bridgehead atoms. The first-order valence-electron chi connectivity index (χ1n) is 10.6. The predicted octanol–water partition coefficient (Wildman–Crippen LogP) is 4.19. The monoisotopic (exact) mass is 448 g/mol. The molecule has 170 valence electrons. The summed E-state index contributed by atoms with van der Waals surface area (Å²) in [6, 6.07) is 11.1. The lowest BCUT2D eigenvalue weighted by molar-refractivity contribution is -0.136. The van der Waals surface area contributed by atoms with Crippen LogP contribution in [-0.4, -0.2) is 44.8 Å². The van der Waals surface area contributed by atoms with E-state index in [4.69, 9.17) is 14.4 Å². The highest BCUT2D eigenvalue weighted by atomic mass is 16.5. The number of aromatic nitrogens is 3. The Kier molecular flexibility index (Phi) is 6.12. The fraction of sp³-hybridized carbons (Fsp3) is 0.250. The first-order valence-corrected chi connectivity index (χ1v) is 10.6. The van der Waals surface area contributed by atoms with Crippen LogP contribution in [-0.2, 0) is 4.79 Å². The number of carbonyl (C=O) groups is 2. The number of carboxylic acid groups (broad SMARTS) is 1. The second kappa shape index (κ2) is 9.15. The van der Waals surface area contributed by atoms with E-state index < -0.39 is 5.97 Å². The molecule has 1 amide bonds. The van der Waals surface area contributed by atoms with Gasteiger partial charge in [0, 0.05) is 29.3 Å². The molecule has 33 heavy (non-hydrogen) atoms. The van der Waals surface area contributed by atoms with Gasteiger partial charge in [-0.3, -0.25) is 9.59 Å². The van der Waals surface area contributed by atoms with Gasteiger partial charge in [0.2, 0.25) is 5.82 Å². The zero-order valence-corrected chi connectivity index (χ0v) is 18.5. The summed E-state index contributed by atoms with van der Waals surface area (Å²) < 4.78 is 11.3. The molecule has 0 saturated carbocycles. The van der Waals surface area contributed by atoms with Crippen molar-refractivity contribution in [2.24, 2.45) is 0 Å². The van der Waals surface area contributed by atoms with E-state index in [1.807, 2.05) is 45.0 Å². The highest BCUT2D eigenvalue weighted by Crippen LogP contribution is 2.31. The lowest BCUT2D eigenvalue weighted by atomic mass is 10.1. The molecule has 0 radical (unpaired) electrons. The van der Waals surface area contributed by atoms with Gasteiger partial charge in [0.15, 0.2) is 0 Å². The van der Waals surface area contributed by atoms with Gasteiger partial charge in [-0.1, -0.05) is 17.3 Å². The molecule has 9 nitrogen and oxygen atoms in total. The number of aliphatic carboxylic acids is 1. The maximum absolute atomic E-state index is 12.5. The number of hydrogen-bond donors (Lipinski definition) is 3. The summed E-state index contributed by atoms with van der Waals surface area (Å²) in [5.74, 6) is 0.239. The van der Waals surface area contributed by atoms with E-state index in [0.29, 0.717) is 33.7 Å². The second-order valence-electron chi connectivity index (χ2n) is 7.90. The summed E-state index contributed by atoms with van der Waals surface area (Å²) in [4.78, 5) is 30.8. The second-order valence-corrected chi connectivity index (χ2v) is 7.90. The van der Waals surface area contributed by atoms with Gasteiger partial charge in [-0.05, 0) is 50.6 Å². The highest BCUT2D eigenvalue weighted by Gasteiger charge is 2.18. The van der Waals surface area contributed by atoms with Crippen LogP contribution in [0.3, 0.4) is 0 Å². The number of carboxylic acids is 1. The Morgan fingerprint density at radius 2 is 2.06 bits per heavy atom. The zero-order chi connectivity index (χ0) is 23.5. The smallest absolute Gasteiger partial charge is 0.305 e. The Labute approximate surface area is 189 Å². The van der Waals surface area contributed by atoms with Gasteiger partial charge in [0.25, 0.3) is 11.8 Å². The molecule has 0 aliphatic heterocycles. The number of aromatic amines is 1. The molecule has 2 heterocycles. The fourth-order valence-electron chi connectivity index (χ4n) is 3.53. The van der Waals surface area contributed by atoms with E-state index >= 15 is 0 Å². The van der Waals surface area contributed by atoms with Gasteiger partial charge in [0.1, 0.15) is 5.75 Å². The number of aryl methyl sites for hydroxylation is 1. The molecule has 0 atom stereocenters. The van der Waals surface area contributed by atoms with E-state index in [1.165, 1.54) is 0 Å². The average Bonchev–Trinajstić information content (AvgIpc) is 3.42. The third kappa shape index (κ3) is 4.72. The van der Waals surface area contributed by atoms with Crippen molar-refractivity contribution in [3.05, 3.63) is 53.7 Å². The fourth-order valence-corrected chi connectivity index (χ4v) is 3.53. The van der Waals surface area contributed by atoms with E-state index in [9.17, 15) is 9.59 Å². The summed E-state index contributed by atoms with van der Waals surface area (Å²) in [7, 11) is 0. The topological polar surface area (TPSA) is 130 Å². The Morgan fingerprint density at radius 1 is 1.24 bits per heavy atom. The molecule has 2 aromatic heterocycles. The van der Waals surface area contributed by atoms with E-state index in [0.717, 1.165) is 16.9 Å². The van der Waals surface area contributed by atoms with Crippen molar-refractivity contribution in [3.8, 4) is 28.6 Å². The Hall–Kier alpha value is -4.14. The number of nitrogens with one attached hydrogen (secondary N) is 2. The summed E-state index contributed by atoms with van der Waals surface area (Å²) in [5, 5.41) is 16.2. The number of para-hydroxylation sites is 1. The van der Waals surface area contributed by atoms with Crippen LogP contribution in [0.2, 0.25) is 0 Å². The number of rotatable bonds is 8. The highest BCUT2D eigenvalue weighted by molar-refractivity contribution is 6.09. The first kappa shape index (κ1) is 22.1. The predicted molar refractivity (Wildman–Crippen MR) is 122 cm³/mol. The summed E-state index contributed by atoms with van der Waals surface area (Å²) in [5.41, 5.74) is 3.52. The van der Waals surface area contributed by atoms with Gasteiger partial charge in [0.05, 0.1) is 23.6 Å². The molecule has 0 unspecified atom stereocenters. The van der Waals surface area contributed by atoms with Gasteiger partial charge in [-0.15, -0.1) is 0 Å². The quantitative estimate of drug-likeness (QED) is 0.368. The standard InChI is InChI=1S/C24H24N4O5/c1-13(2)32-19-8-7-15(11-14(19)3)24-27-22(28-33-24)17-6-4-5-16-18(12-26-21(16)17)23(31)25-10-9-20(29)30/h4-8,11-13,26H,9-10H2,1-3H3,(H,25,31)(H,29,30). The van der Waals surface area contributed by atoms with Crippen LogP contribution in [0.25, 0.3) is 33.7 Å². The van der Waals surface area contributed by atoms with Crippen molar-refractivity contribution < 1.29 is 24.0 Å². The number of ether oxygens (including phenoxy) is 1. The molecule has 0 saturated heterocycles. The van der Waals surface area contributed by atoms with Gasteiger partial charge in [-0.2, -0.15) is 4.98 Å². The van der Waals surface area contributed by atoms with E-state index in [2.05, 4.69) is 20.4 Å². The van der Waals surface area contributed by atoms with Crippen LogP contribution >= 0.6 is 0 Å². The van der Waals surface area contributed by atoms with Gasteiger partial charge in [-0.25, -0.2) is 0 Å². The lowest BCUT2D eigenvalue weighted by Crippen LogP contribution is -2.25. The van der Waals surface area contributed by atoms with Crippen molar-refractivity contribution in [2.75, 3.05) is 6.54 Å². The normalized spacial score (nSPS) is 11.2. The minimum Gasteiger partial charge on any atom is -0.491 e. The molecule has 2 aromatic carbocycles. The number of amides is 1. The van der Waals surface area contributed by atoms with Crippen LogP contribution in [0, 0.1) is 6.92 Å². The number of fused-ring (bicyclic) bond motifs is 1. The number of nitrogens with zero attached hydrogens (tertiary/aromatic N) is 2. The average molecular weight is 448 g/mol. The van der Waals surface area contributed by atoms with E-state index in [-0.39, 0.29) is 25.0 Å². The van der Waals surface area contributed by atoms with Gasteiger partial charge >= 0.3 is 5.97 Å². The van der Waals surface area contributed by atoms with Crippen molar-refractivity contribution in [2.45, 2.75) is 33.3 Å². The Bertz CT molecular complexity index is 1320. The van der Waals surface area contributed by atoms with Crippen LogP contribution in [0.4, 0.5) is 0 Å². The maximum Gasteiger partial charge on any atom is 0.305 e. The number of H-pyrrole nitrogens is 1. The maximum atomic E-state index is 12.5. The SMILES string of the molecule is Cc1cc(-c2nc(-c3cccc4c(C(=O)NCCC(=O)O)c[nH]c34)no2)ccc1OC(C)C. The minimum absolute atomic E-state index is 0.0507. The van der Waals surface area contributed by atoms with Crippen molar-refractivity contribution in [1.82, 2.24) is 20.4 Å². The zero-order valence-electron chi connectivity index (χ0n) is 18.5. The molecule has 0 spiro atoms. The van der Waals surface area contributed by atoms with Crippen LogP contribution in [0.15, 0.2) is 47.1 Å². The number of benzene rings is 2. The van der Waals surface area contributed by atoms with Crippen LogP contribution in [0.5, 0.6) is 5.75 Å². The lowest BCUT2D eigenvalue weighted by Gasteiger charge is -2.12. The van der Waals surface area contributed by atoms with Crippen LogP contribution in [0.1, 0.15) is 36.2 Å². The third-order valence-electron chi connectivity index (χ3n) is 5.04. The molecular weight excluding hydrogens is 424 g/mol. The number of carbonyl (C=O) groups excluding carboxylic acids is 1. The summed E-state index contributed by atoms with van der Waals surface area (Å²) in [6.45, 7) is 5.96. The van der Waals surface area contributed by atoms with Crippen molar-refractivity contribution in [1.29, 1.82) is 0 Å². The summed E-state index contributed by atoms with van der Waals surface area (Å²) in [6.07, 6.45) is 1.52. The molecule has 3 N–H and O–H groups in total. The third-order valence-corrected chi connectivity index (χ3v) is 5.04. The summed E-state index contributed by atoms with van der Waals surface area (Å²) >= 11 is 0. The first-order chi connectivity index (χ1) is 15.8. The molecule has 0 aliphatic rings. The Balaban J connectivity index is 1.61. The largest absolute Gasteiger partial charge is 0.491 e. The van der Waals surface area contributed by atoms with Crippen molar-refractivity contribution in [3.63, 3.8) is 0 Å². The van der Waals surface area contributed by atoms with Crippen molar-refractivity contribution >= 4 is 22.8 Å². The minimum atomic E-state index is -0.971. The molecule has 4 rings (SSSR count). The molecule has 0 aliphatic carbocycles. The van der Waals surface area contributed by atoms with E-state index in [1.54, 1.807) is 18.3 Å². The van der Waals surface area contributed by atoms with Gasteiger partial charge < -0.3 is 24.7 Å². The Morgan fingerprint density at radius 3 is 2.79 bits per heavy atom. The number of hydrogen-bond acceptors (Lipinski definition) is 6. The molecule has 9 heteroatoms. The molecule has 4 aromatic rings. The molecule has 0 fully saturated rings.